The summed E-state index contributed by atoms with van der Waals surface area (Å²) in [6, 6.07) is 0. The van der Waals surface area contributed by atoms with E-state index in [9.17, 15) is 0 Å². The second-order valence-electron chi connectivity index (χ2n) is 5.06. The van der Waals surface area contributed by atoms with Gasteiger partial charge in [-0.2, -0.15) is 0 Å². The highest BCUT2D eigenvalue weighted by atomic mass is 15.1. The second-order valence-corrected chi connectivity index (χ2v) is 5.06. The van der Waals surface area contributed by atoms with E-state index in [1.807, 2.05) is 0 Å². The first-order valence-corrected chi connectivity index (χ1v) is 5.99. The average molecular weight is 233 g/mol. The lowest BCUT2D eigenvalue weighted by Crippen LogP contribution is -2.09. The third kappa shape index (κ3) is 2.54. The van der Waals surface area contributed by atoms with E-state index in [1.165, 1.54) is 12.7 Å². The van der Waals surface area contributed by atoms with Crippen molar-refractivity contribution >= 4 is 17.0 Å². The number of imidazole rings is 1. The van der Waals surface area contributed by atoms with Crippen LogP contribution < -0.4 is 5.73 Å². The standard InChI is InChI=1S/C12H19N5/c1-8(2)4-9(3)5-17-7-16-10-11(13)14-6-15-12(10)17/h6-9H,4-5H2,1-3H3,(H2,13,14,15). The third-order valence-electron chi connectivity index (χ3n) is 2.81. The van der Waals surface area contributed by atoms with Crippen LogP contribution in [-0.4, -0.2) is 19.5 Å². The van der Waals surface area contributed by atoms with Gasteiger partial charge in [-0.25, -0.2) is 15.0 Å². The van der Waals surface area contributed by atoms with Gasteiger partial charge in [-0.3, -0.25) is 0 Å². The Kier molecular flexibility index (Phi) is 3.26. The van der Waals surface area contributed by atoms with Crippen molar-refractivity contribution in [2.24, 2.45) is 11.8 Å². The van der Waals surface area contributed by atoms with E-state index in [2.05, 4.69) is 40.3 Å². The molecule has 0 spiro atoms. The molecule has 0 aliphatic carbocycles. The van der Waals surface area contributed by atoms with Crippen LogP contribution in [0.2, 0.25) is 0 Å². The SMILES string of the molecule is CC(C)CC(C)Cn1cnc2c(N)ncnc21. The van der Waals surface area contributed by atoms with E-state index in [4.69, 9.17) is 5.73 Å². The van der Waals surface area contributed by atoms with Crippen LogP contribution in [0.15, 0.2) is 12.7 Å². The topological polar surface area (TPSA) is 69.6 Å². The van der Waals surface area contributed by atoms with Crippen LogP contribution in [0.25, 0.3) is 11.2 Å². The Morgan fingerprint density at radius 1 is 1.24 bits per heavy atom. The molecule has 0 bridgehead atoms. The minimum Gasteiger partial charge on any atom is -0.382 e. The summed E-state index contributed by atoms with van der Waals surface area (Å²) in [5.74, 6) is 1.76. The van der Waals surface area contributed by atoms with Gasteiger partial charge >= 0.3 is 0 Å². The van der Waals surface area contributed by atoms with Crippen molar-refractivity contribution in [1.29, 1.82) is 0 Å². The number of hydrogen-bond donors (Lipinski definition) is 1. The molecule has 1 atom stereocenters. The minimum absolute atomic E-state index is 0.449. The molecule has 2 aromatic rings. The summed E-state index contributed by atoms with van der Waals surface area (Å²) in [5.41, 5.74) is 7.28. The maximum atomic E-state index is 5.75. The molecule has 0 aliphatic rings. The summed E-state index contributed by atoms with van der Waals surface area (Å²) in [5, 5.41) is 0. The number of anilines is 1. The van der Waals surface area contributed by atoms with Crippen LogP contribution in [0.4, 0.5) is 5.82 Å². The Balaban J connectivity index is 2.22. The molecular formula is C12H19N5. The molecule has 5 nitrogen and oxygen atoms in total. The van der Waals surface area contributed by atoms with Crippen LogP contribution >= 0.6 is 0 Å². The fourth-order valence-corrected chi connectivity index (χ4v) is 2.25. The first-order chi connectivity index (χ1) is 8.08. The number of rotatable bonds is 4. The zero-order valence-electron chi connectivity index (χ0n) is 10.6. The monoisotopic (exact) mass is 233 g/mol. The lowest BCUT2D eigenvalue weighted by Gasteiger charge is -2.14. The van der Waals surface area contributed by atoms with Gasteiger partial charge in [0.2, 0.25) is 0 Å². The molecule has 17 heavy (non-hydrogen) atoms. The summed E-state index contributed by atoms with van der Waals surface area (Å²) in [6.45, 7) is 7.65. The lowest BCUT2D eigenvalue weighted by atomic mass is 9.99. The Labute approximate surface area is 101 Å². The molecule has 0 fully saturated rings. The summed E-state index contributed by atoms with van der Waals surface area (Å²) in [7, 11) is 0. The van der Waals surface area contributed by atoms with Crippen molar-refractivity contribution in [3.8, 4) is 0 Å². The molecule has 2 aromatic heterocycles. The first kappa shape index (κ1) is 11.8. The smallest absolute Gasteiger partial charge is 0.165 e. The van der Waals surface area contributed by atoms with Crippen LogP contribution in [0.3, 0.4) is 0 Å². The highest BCUT2D eigenvalue weighted by molar-refractivity contribution is 5.80. The van der Waals surface area contributed by atoms with Gasteiger partial charge in [0.1, 0.15) is 11.8 Å². The molecule has 1 unspecified atom stereocenters. The van der Waals surface area contributed by atoms with Gasteiger partial charge in [-0.1, -0.05) is 20.8 Å². The zero-order chi connectivity index (χ0) is 12.4. The molecule has 0 amide bonds. The molecule has 92 valence electrons. The number of nitrogens with two attached hydrogens (primary N) is 1. The van der Waals surface area contributed by atoms with Crippen molar-refractivity contribution < 1.29 is 0 Å². The Morgan fingerprint density at radius 2 is 2.00 bits per heavy atom. The molecule has 0 radical (unpaired) electrons. The molecule has 0 saturated carbocycles. The summed E-state index contributed by atoms with van der Waals surface area (Å²) < 4.78 is 2.06. The number of fused-ring (bicyclic) bond motifs is 1. The van der Waals surface area contributed by atoms with Crippen LogP contribution in [0.5, 0.6) is 0 Å². The summed E-state index contributed by atoms with van der Waals surface area (Å²) in [4.78, 5) is 12.4. The van der Waals surface area contributed by atoms with E-state index in [0.717, 1.165) is 12.2 Å². The third-order valence-corrected chi connectivity index (χ3v) is 2.81. The Hall–Kier alpha value is -1.65. The molecule has 0 aromatic carbocycles. The van der Waals surface area contributed by atoms with Crippen LogP contribution in [0.1, 0.15) is 27.2 Å². The molecule has 0 saturated heterocycles. The fourth-order valence-electron chi connectivity index (χ4n) is 2.25. The van der Waals surface area contributed by atoms with Gasteiger partial charge < -0.3 is 10.3 Å². The predicted octanol–water partition coefficient (Wildman–Crippen LogP) is 2.09. The van der Waals surface area contributed by atoms with Crippen molar-refractivity contribution in [3.63, 3.8) is 0 Å². The van der Waals surface area contributed by atoms with Crippen molar-refractivity contribution in [3.05, 3.63) is 12.7 Å². The minimum atomic E-state index is 0.449. The predicted molar refractivity (Wildman–Crippen MR) is 68.4 cm³/mol. The Morgan fingerprint density at radius 3 is 2.71 bits per heavy atom. The number of aromatic nitrogens is 4. The summed E-state index contributed by atoms with van der Waals surface area (Å²) in [6.07, 6.45) is 4.48. The molecule has 0 aliphatic heterocycles. The van der Waals surface area contributed by atoms with E-state index < -0.39 is 0 Å². The summed E-state index contributed by atoms with van der Waals surface area (Å²) >= 11 is 0. The quantitative estimate of drug-likeness (QED) is 0.877. The fraction of sp³-hybridized carbons (Fsp3) is 0.583. The van der Waals surface area contributed by atoms with E-state index >= 15 is 0 Å². The van der Waals surface area contributed by atoms with Gasteiger partial charge in [-0.05, 0) is 18.3 Å². The molecule has 2 rings (SSSR count). The molecular weight excluding hydrogens is 214 g/mol. The largest absolute Gasteiger partial charge is 0.382 e. The van der Waals surface area contributed by atoms with Crippen molar-refractivity contribution in [1.82, 2.24) is 19.5 Å². The van der Waals surface area contributed by atoms with Gasteiger partial charge in [0.25, 0.3) is 0 Å². The van der Waals surface area contributed by atoms with E-state index in [-0.39, 0.29) is 0 Å². The highest BCUT2D eigenvalue weighted by Crippen LogP contribution is 2.18. The number of hydrogen-bond acceptors (Lipinski definition) is 4. The maximum Gasteiger partial charge on any atom is 0.165 e. The normalized spacial score (nSPS) is 13.4. The van der Waals surface area contributed by atoms with Crippen LogP contribution in [0, 0.1) is 11.8 Å². The van der Waals surface area contributed by atoms with Crippen molar-refractivity contribution in [2.45, 2.75) is 33.7 Å². The average Bonchev–Trinajstić information content (AvgIpc) is 2.62. The molecule has 5 heteroatoms. The first-order valence-electron chi connectivity index (χ1n) is 5.99. The van der Waals surface area contributed by atoms with Crippen LogP contribution in [-0.2, 0) is 6.54 Å². The van der Waals surface area contributed by atoms with Crippen molar-refractivity contribution in [2.75, 3.05) is 5.73 Å². The molecule has 2 N–H and O–H groups in total. The Bertz CT molecular complexity index is 503. The lowest BCUT2D eigenvalue weighted by molar-refractivity contribution is 0.392. The number of nitrogen functional groups attached to an aromatic ring is 1. The van der Waals surface area contributed by atoms with Gasteiger partial charge in [0, 0.05) is 6.54 Å². The molecule has 2 heterocycles. The zero-order valence-corrected chi connectivity index (χ0v) is 10.6. The van der Waals surface area contributed by atoms with E-state index in [1.54, 1.807) is 6.33 Å². The van der Waals surface area contributed by atoms with Gasteiger partial charge in [-0.15, -0.1) is 0 Å². The second kappa shape index (κ2) is 4.69. The maximum absolute atomic E-state index is 5.75. The van der Waals surface area contributed by atoms with E-state index in [0.29, 0.717) is 23.2 Å². The van der Waals surface area contributed by atoms with Gasteiger partial charge in [0.15, 0.2) is 11.5 Å². The highest BCUT2D eigenvalue weighted by Gasteiger charge is 2.11. The van der Waals surface area contributed by atoms with Gasteiger partial charge in [0.05, 0.1) is 6.33 Å². The number of nitrogens with zero attached hydrogens (tertiary/aromatic N) is 4.